The molecular weight excluding hydrogens is 1920 g/mol. The van der Waals surface area contributed by atoms with Gasteiger partial charge in [0.15, 0.2) is 29.6 Å². The van der Waals surface area contributed by atoms with Crippen molar-refractivity contribution in [2.75, 3.05) is 192 Å². The van der Waals surface area contributed by atoms with Crippen LogP contribution in [-0.2, 0) is 7.05 Å². The molecule has 2 fully saturated rings. The maximum absolute atomic E-state index is 10.4. The molecular formula is C102H164BBr2N16O19+. The summed E-state index contributed by atoms with van der Waals surface area (Å²) in [6.45, 7) is 34.2. The number of anilines is 5. The Morgan fingerprint density at radius 2 is 0.979 bits per heavy atom. The molecule has 2 aromatic heterocycles. The first kappa shape index (κ1) is 133. The number of nitrogen functional groups attached to an aromatic ring is 4. The van der Waals surface area contributed by atoms with E-state index >= 15 is 0 Å². The Labute approximate surface area is 850 Å². The number of benzene rings is 7. The lowest BCUT2D eigenvalue weighted by atomic mass is 9.82. The summed E-state index contributed by atoms with van der Waals surface area (Å²) < 4.78 is 49.1. The van der Waals surface area contributed by atoms with Crippen LogP contribution in [0, 0.1) is 35.8 Å². The predicted molar refractivity (Wildman–Crippen MR) is 579 cm³/mol. The number of nitrogens with zero attached hydrogens (tertiary/aromatic N) is 12. The van der Waals surface area contributed by atoms with Crippen LogP contribution in [0.15, 0.2) is 192 Å². The molecule has 0 saturated carbocycles. The number of ether oxygens (including phenoxy) is 9. The van der Waals surface area contributed by atoms with Gasteiger partial charge in [0, 0.05) is 114 Å². The average Bonchev–Trinajstić information content (AvgIpc) is 1.40. The molecule has 0 bridgehead atoms. The summed E-state index contributed by atoms with van der Waals surface area (Å²) in [5.41, 5.74) is 30.7. The molecule has 12 rings (SSSR count). The van der Waals surface area contributed by atoms with Crippen molar-refractivity contribution >= 4 is 95.5 Å². The molecule has 0 spiro atoms. The molecule has 3 aliphatic heterocycles. The first-order chi connectivity index (χ1) is 64.1. The number of pyridine rings is 1. The van der Waals surface area contributed by atoms with Crippen molar-refractivity contribution in [3.05, 3.63) is 228 Å². The van der Waals surface area contributed by atoms with Crippen LogP contribution < -0.4 is 80.5 Å². The molecule has 3 aliphatic rings. The van der Waals surface area contributed by atoms with Crippen LogP contribution in [0.4, 0.5) is 45.5 Å². The van der Waals surface area contributed by atoms with Gasteiger partial charge in [-0.15, -0.1) is 0 Å². The normalized spacial score (nSPS) is 12.6. The van der Waals surface area contributed by atoms with E-state index in [4.69, 9.17) is 80.7 Å². The number of likely N-dealkylation sites (N-methyl/N-ethyl adjacent to an activating group) is 1. The van der Waals surface area contributed by atoms with Crippen LogP contribution in [0.3, 0.4) is 0 Å². The lowest BCUT2D eigenvalue weighted by molar-refractivity contribution is -0.672. The van der Waals surface area contributed by atoms with Gasteiger partial charge in [-0.1, -0.05) is 107 Å². The van der Waals surface area contributed by atoms with Gasteiger partial charge in [-0.3, -0.25) is 50.1 Å². The highest BCUT2D eigenvalue weighted by molar-refractivity contribution is 9.10. The molecule has 0 amide bonds. The number of phenolic OH excluding ortho intramolecular Hbond substituents is 1. The van der Waals surface area contributed by atoms with E-state index in [0.29, 0.717) is 78.5 Å². The summed E-state index contributed by atoms with van der Waals surface area (Å²) in [5, 5.41) is 67.1. The van der Waals surface area contributed by atoms with Crippen molar-refractivity contribution in [3.63, 3.8) is 0 Å². The van der Waals surface area contributed by atoms with E-state index in [2.05, 4.69) is 180 Å². The number of phenols is 1. The lowest BCUT2D eigenvalue weighted by Crippen LogP contribution is -2.44. The minimum Gasteiger partial charge on any atom is -0.508 e. The number of hydrogen-bond donors (Lipinski definition) is 8. The van der Waals surface area contributed by atoms with Gasteiger partial charge in [0.25, 0.3) is 0 Å². The van der Waals surface area contributed by atoms with Crippen LogP contribution in [-0.4, -0.2) is 257 Å². The van der Waals surface area contributed by atoms with E-state index in [1.54, 1.807) is 108 Å². The Hall–Kier alpha value is -11.6. The number of piperazine rings is 1. The Kier molecular flexibility index (Phi) is 66.4. The zero-order chi connectivity index (χ0) is 102. The molecule has 5 heterocycles. The topological polar surface area (TPSA) is 447 Å². The summed E-state index contributed by atoms with van der Waals surface area (Å²) in [4.78, 5) is 51.2. The van der Waals surface area contributed by atoms with Crippen molar-refractivity contribution in [3.8, 4) is 57.5 Å². The second-order valence-corrected chi connectivity index (χ2v) is 36.6. The SMILES string of the molecule is C.C.C.C.CC(C)(C)N1CCCC1.CCCN1CCC=C(c2ccc(OC)c(N)c2)C1.CN(C)C(C)(C)C.COc1ccc(Br)cc1[N+](=O)[O-].COc1ccc(Br)cc1[N+](=O)[O-].COc1ccc(N2CCN(C)CC2)cc1N.COc1ccc(O)cc1[N+](=O)[O-].COc1ccc(OCCCN(C)C)cc1N.COc1ccc(OC[C@@H](O)CC(C)(C)C)cc1N.C[n+]1ccncc1.OB(O)c1cccnc1. The number of nitrogens with two attached hydrogens (primary N) is 4. The summed E-state index contributed by atoms with van der Waals surface area (Å²) in [7, 11) is 21.6. The van der Waals surface area contributed by atoms with Gasteiger partial charge < -0.3 is 105 Å². The summed E-state index contributed by atoms with van der Waals surface area (Å²) in [5.74, 6) is 4.75. The Morgan fingerprint density at radius 1 is 0.550 bits per heavy atom. The second kappa shape index (κ2) is 70.1. The zero-order valence-electron chi connectivity index (χ0n) is 83.5. The van der Waals surface area contributed by atoms with Crippen LogP contribution in [0.1, 0.15) is 143 Å². The predicted octanol–water partition coefficient (Wildman–Crippen LogP) is 18.3. The number of aliphatic hydroxyl groups excluding tert-OH is 1. The summed E-state index contributed by atoms with van der Waals surface area (Å²) in [6.07, 6.45) is 18.9. The number of methoxy groups -OCH3 is 7. The van der Waals surface area contributed by atoms with Crippen LogP contribution >= 0.6 is 31.9 Å². The van der Waals surface area contributed by atoms with Crippen molar-refractivity contribution < 1.29 is 82.2 Å². The van der Waals surface area contributed by atoms with E-state index < -0.39 is 28.0 Å². The Bertz CT molecular complexity index is 4820. The third-order valence-electron chi connectivity index (χ3n) is 20.4. The number of nitro groups is 3. The van der Waals surface area contributed by atoms with Gasteiger partial charge in [-0.05, 0) is 249 Å². The molecule has 1 atom stereocenters. The fourth-order valence-electron chi connectivity index (χ4n) is 12.3. The number of aliphatic hydroxyl groups is 1. The minimum absolute atomic E-state index is 0. The van der Waals surface area contributed by atoms with Gasteiger partial charge in [-0.2, -0.15) is 0 Å². The van der Waals surface area contributed by atoms with Crippen LogP contribution in [0.25, 0.3) is 5.57 Å². The number of aromatic nitrogens is 3. The first-order valence-electron chi connectivity index (χ1n) is 44.2. The molecule has 140 heavy (non-hydrogen) atoms. The number of nitro benzene ring substituents is 3. The van der Waals surface area contributed by atoms with Gasteiger partial charge in [0.2, 0.25) is 0 Å². The molecule has 7 aromatic carbocycles. The maximum Gasteiger partial charge on any atom is 0.490 e. The number of hydrogen-bond acceptors (Lipinski definition) is 31. The quantitative estimate of drug-likeness (QED) is 0.00695. The van der Waals surface area contributed by atoms with E-state index in [1.807, 2.05) is 74.5 Å². The van der Waals surface area contributed by atoms with E-state index in [0.717, 1.165) is 75.4 Å². The maximum atomic E-state index is 10.4. The van der Waals surface area contributed by atoms with E-state index in [9.17, 15) is 35.4 Å². The Balaban J connectivity index is -0.00000149. The van der Waals surface area contributed by atoms with Crippen molar-refractivity contribution in [2.45, 2.75) is 155 Å². The largest absolute Gasteiger partial charge is 0.508 e. The fourth-order valence-corrected chi connectivity index (χ4v) is 13.0. The van der Waals surface area contributed by atoms with Gasteiger partial charge in [0.1, 0.15) is 53.9 Å². The molecule has 0 radical (unpaired) electrons. The van der Waals surface area contributed by atoms with Gasteiger partial charge >= 0.3 is 24.2 Å². The molecule has 782 valence electrons. The highest BCUT2D eigenvalue weighted by Gasteiger charge is 2.25. The second-order valence-electron chi connectivity index (χ2n) is 34.8. The smallest absolute Gasteiger partial charge is 0.490 e. The number of aryl methyl sites for hydroxylation is 1. The van der Waals surface area contributed by atoms with Crippen molar-refractivity contribution in [1.29, 1.82) is 0 Å². The molecule has 38 heteroatoms. The van der Waals surface area contributed by atoms with Crippen molar-refractivity contribution in [2.24, 2.45) is 12.5 Å². The molecule has 0 unspecified atom stereocenters. The van der Waals surface area contributed by atoms with Gasteiger partial charge in [0.05, 0.1) is 118 Å². The molecule has 9 aromatic rings. The number of aromatic hydroxyl groups is 1. The number of rotatable bonds is 24. The number of likely N-dealkylation sites (tertiary alicyclic amines) is 1. The molecule has 2 saturated heterocycles. The third-order valence-corrected chi connectivity index (χ3v) is 21.3. The van der Waals surface area contributed by atoms with E-state index in [1.165, 1.54) is 114 Å². The average molecular weight is 2090 g/mol. The standard InChI is InChI=1S/C15H22N2O.C14H23NO3.C12H19N3O.C12H20N2O2.C8H17N.2C7H6BrNO3.C7H7NO4.C6H15N.C5H6BNO2.C5H7N2.4CH4/c1-3-8-17-9-4-5-13(11-17)12-6-7-15(18-2)14(16)10-12;1-14(2,3)8-10(16)9-18-11-5-6-13(17-4)12(15)7-11;1-14-5-7-15(8-6-14)10-3-4-12(16-2)11(13)9-10;1-14(2)7-4-8-16-10-5-6-12(15-3)11(13)9-10;1-8(2,3)9-6-4-5-7-9;2*1-12-7-3-2-5(8)4-6(7)9(10)11;1-12-7-3-2-5(9)4-6(7)8(10)11;1-6(2,3)7(4)5;8-6(9)5-2-1-3-7-4-5;1-7-4-2-6-3-5-7;;;;/h5-7,10H,3-4,8-9,11,16H2,1-2H3;5-7,10,16H,8-9,15H2,1-4H3;3-4,9H,5-8,13H2,1-2H3;5-6,9H,4,7-8,13H2,1-3H3;4-7H2,1-3H3;2*2-4H,1H3;2-4,9H,1H3;1-5H3;1-4,8-9H;2-5H,1H3;4*1H4/q;;;;;;;;;;+1;;;;/t;10-;;;;;;;;;;;;;/m.0............./s1. The highest BCUT2D eigenvalue weighted by atomic mass is 79.9. The molecule has 12 N–H and O–H groups in total. The van der Waals surface area contributed by atoms with E-state index in [-0.39, 0.29) is 81.8 Å². The van der Waals surface area contributed by atoms with Crippen LogP contribution in [0.5, 0.6) is 57.5 Å². The molecule has 0 aliphatic carbocycles. The van der Waals surface area contributed by atoms with Crippen LogP contribution in [0.2, 0.25) is 0 Å². The fraction of sp³-hybridized carbons (Fsp3) is 0.480. The minimum atomic E-state index is -1.40. The lowest BCUT2D eigenvalue weighted by Gasteiger charge is -2.34. The molecule has 35 nitrogen and oxygen atoms in total. The summed E-state index contributed by atoms with van der Waals surface area (Å²) >= 11 is 6.27. The zero-order valence-corrected chi connectivity index (χ0v) is 86.7. The highest BCUT2D eigenvalue weighted by Crippen LogP contribution is 2.35. The number of halogens is 2. The summed E-state index contributed by atoms with van der Waals surface area (Å²) in [6, 6.07) is 39.0. The monoisotopic (exact) mass is 2090 g/mol. The van der Waals surface area contributed by atoms with Crippen molar-refractivity contribution in [1.82, 2.24) is 34.5 Å². The third kappa shape index (κ3) is 53.7. The Morgan fingerprint density at radius 3 is 1.34 bits per heavy atom. The van der Waals surface area contributed by atoms with Gasteiger partial charge in [-0.25, -0.2) is 4.57 Å². The first-order valence-corrected chi connectivity index (χ1v) is 45.8.